The summed E-state index contributed by atoms with van der Waals surface area (Å²) in [5, 5.41) is 21.0. The van der Waals surface area contributed by atoms with Gasteiger partial charge in [0.05, 0.1) is 28.7 Å². The van der Waals surface area contributed by atoms with E-state index in [0.29, 0.717) is 11.9 Å². The molecule has 0 fully saturated rings. The summed E-state index contributed by atoms with van der Waals surface area (Å²) in [5.41, 5.74) is 1.39. The first-order valence-corrected chi connectivity index (χ1v) is 9.09. The largest absolute Gasteiger partial charge is 0.394 e. The number of nitrogens with zero attached hydrogens (tertiary/aromatic N) is 1. The molecule has 0 amide bonds. The van der Waals surface area contributed by atoms with Crippen molar-refractivity contribution in [2.45, 2.75) is 23.8 Å². The lowest BCUT2D eigenvalue weighted by molar-refractivity contribution is 0.105. The third kappa shape index (κ3) is 3.91. The second-order valence-electron chi connectivity index (χ2n) is 4.70. The van der Waals surface area contributed by atoms with Crippen molar-refractivity contribution >= 4 is 37.1 Å². The molecule has 21 heavy (non-hydrogen) atoms. The quantitative estimate of drug-likeness (QED) is 0.706. The summed E-state index contributed by atoms with van der Waals surface area (Å²) >= 11 is 1.15. The molecule has 2 rings (SSSR count). The molecule has 3 N–H and O–H groups in total. The van der Waals surface area contributed by atoms with Gasteiger partial charge in [0.1, 0.15) is 0 Å². The first-order valence-electron chi connectivity index (χ1n) is 6.62. The average molecular weight is 330 g/mol. The van der Waals surface area contributed by atoms with Crippen LogP contribution >= 0.6 is 11.3 Å². The van der Waals surface area contributed by atoms with Crippen molar-refractivity contribution in [3.05, 3.63) is 18.2 Å². The van der Waals surface area contributed by atoms with Crippen LogP contribution in [0.3, 0.4) is 0 Å². The summed E-state index contributed by atoms with van der Waals surface area (Å²) in [6, 6.07) is 5.30. The molecule has 0 aliphatic heterocycles. The first kappa shape index (κ1) is 16.2. The molecule has 1 aromatic carbocycles. The van der Waals surface area contributed by atoms with Crippen LogP contribution in [-0.4, -0.2) is 48.6 Å². The lowest BCUT2D eigenvalue weighted by Gasteiger charge is -2.09. The highest BCUT2D eigenvalue weighted by Gasteiger charge is 2.18. The number of rotatable bonds is 7. The molecule has 0 spiro atoms. The van der Waals surface area contributed by atoms with E-state index in [1.807, 2.05) is 6.92 Å². The van der Waals surface area contributed by atoms with Crippen molar-refractivity contribution < 1.29 is 18.6 Å². The van der Waals surface area contributed by atoms with Crippen LogP contribution < -0.4 is 5.32 Å². The molecule has 8 heteroatoms. The van der Waals surface area contributed by atoms with E-state index in [1.54, 1.807) is 18.2 Å². The lowest BCUT2D eigenvalue weighted by atomic mass is 10.3. The van der Waals surface area contributed by atoms with Gasteiger partial charge in [0.15, 0.2) is 0 Å². The molecular weight excluding hydrogens is 312 g/mol. The van der Waals surface area contributed by atoms with E-state index in [0.717, 1.165) is 21.7 Å². The van der Waals surface area contributed by atoms with Crippen molar-refractivity contribution in [2.75, 3.05) is 24.2 Å². The smallest absolute Gasteiger partial charge is 0.210 e. The fourth-order valence-corrected chi connectivity index (χ4v) is 4.52. The van der Waals surface area contributed by atoms with Crippen molar-refractivity contribution in [1.82, 2.24) is 4.98 Å². The molecule has 6 nitrogen and oxygen atoms in total. The summed E-state index contributed by atoms with van der Waals surface area (Å²) in [6.45, 7) is 1.73. The Labute approximate surface area is 127 Å². The summed E-state index contributed by atoms with van der Waals surface area (Å²) in [5.74, 6) is 0.0978. The first-order chi connectivity index (χ1) is 9.96. The minimum Gasteiger partial charge on any atom is -0.394 e. The Morgan fingerprint density at radius 3 is 2.86 bits per heavy atom. The number of aliphatic hydroxyl groups excluding tert-OH is 2. The highest BCUT2D eigenvalue weighted by Crippen LogP contribution is 2.28. The average Bonchev–Trinajstić information content (AvgIpc) is 2.88. The third-order valence-corrected chi connectivity index (χ3v) is 6.25. The van der Waals surface area contributed by atoms with Crippen LogP contribution in [0, 0.1) is 0 Å². The van der Waals surface area contributed by atoms with Crippen LogP contribution in [0.4, 0.5) is 5.69 Å². The maximum Gasteiger partial charge on any atom is 0.210 e. The third-order valence-electron chi connectivity index (χ3n) is 2.86. The number of aliphatic hydroxyl groups is 2. The van der Waals surface area contributed by atoms with E-state index in [-0.39, 0.29) is 23.2 Å². The summed E-state index contributed by atoms with van der Waals surface area (Å²) < 4.78 is 24.9. The Balaban J connectivity index is 2.24. The summed E-state index contributed by atoms with van der Waals surface area (Å²) in [4.78, 5) is 4.17. The Hall–Kier alpha value is -1.22. The summed E-state index contributed by atoms with van der Waals surface area (Å²) in [6.07, 6.45) is -0.271. The van der Waals surface area contributed by atoms with Crippen LogP contribution in [0.25, 0.3) is 10.2 Å². The van der Waals surface area contributed by atoms with Gasteiger partial charge in [0.2, 0.25) is 14.2 Å². The fourth-order valence-electron chi connectivity index (χ4n) is 1.80. The molecule has 0 bridgehead atoms. The number of aromatic nitrogens is 1. The molecule has 1 heterocycles. The van der Waals surface area contributed by atoms with Crippen molar-refractivity contribution in [3.8, 4) is 0 Å². The number of hydrogen-bond donors (Lipinski definition) is 3. The molecule has 1 aromatic heterocycles. The highest BCUT2D eigenvalue weighted by molar-refractivity contribution is 7.93. The minimum atomic E-state index is -3.30. The normalized spacial score (nSPS) is 13.5. The van der Waals surface area contributed by atoms with Crippen LogP contribution in [0.2, 0.25) is 0 Å². The van der Waals surface area contributed by atoms with Gasteiger partial charge in [-0.25, -0.2) is 13.4 Å². The SMILES string of the molecule is CCCS(=O)(=O)c1nc2ccc(NCC(O)CO)cc2s1. The van der Waals surface area contributed by atoms with E-state index in [2.05, 4.69) is 10.3 Å². The number of nitrogens with one attached hydrogen (secondary N) is 1. The van der Waals surface area contributed by atoms with Crippen LogP contribution in [0.15, 0.2) is 22.5 Å². The standard InChI is InChI=1S/C13H18N2O4S2/c1-2-5-21(18,19)13-15-11-4-3-9(6-12(11)20-13)14-7-10(17)8-16/h3-4,6,10,14,16-17H,2,5,7-8H2,1H3. The van der Waals surface area contributed by atoms with E-state index >= 15 is 0 Å². The van der Waals surface area contributed by atoms with Gasteiger partial charge < -0.3 is 15.5 Å². The highest BCUT2D eigenvalue weighted by atomic mass is 32.2. The Morgan fingerprint density at radius 1 is 1.43 bits per heavy atom. The van der Waals surface area contributed by atoms with Crippen LogP contribution in [0.5, 0.6) is 0 Å². The van der Waals surface area contributed by atoms with Crippen molar-refractivity contribution in [2.24, 2.45) is 0 Å². The number of fused-ring (bicyclic) bond motifs is 1. The van der Waals surface area contributed by atoms with E-state index in [1.165, 1.54) is 0 Å². The molecule has 0 saturated heterocycles. The zero-order chi connectivity index (χ0) is 15.5. The Kier molecular flexibility index (Phi) is 5.15. The van der Waals surface area contributed by atoms with Crippen molar-refractivity contribution in [3.63, 3.8) is 0 Å². The predicted molar refractivity (Wildman–Crippen MR) is 83.5 cm³/mol. The Bertz CT molecular complexity index is 712. The van der Waals surface area contributed by atoms with Gasteiger partial charge >= 0.3 is 0 Å². The zero-order valence-electron chi connectivity index (χ0n) is 11.6. The molecule has 1 unspecified atom stereocenters. The zero-order valence-corrected chi connectivity index (χ0v) is 13.2. The van der Waals surface area contributed by atoms with E-state index in [4.69, 9.17) is 5.11 Å². The Morgan fingerprint density at radius 2 is 2.19 bits per heavy atom. The molecule has 1 atom stereocenters. The van der Waals surface area contributed by atoms with E-state index < -0.39 is 15.9 Å². The number of anilines is 1. The van der Waals surface area contributed by atoms with Gasteiger partial charge in [-0.3, -0.25) is 0 Å². The maximum absolute atomic E-state index is 12.0. The van der Waals surface area contributed by atoms with Gasteiger partial charge in [-0.05, 0) is 24.6 Å². The maximum atomic E-state index is 12.0. The van der Waals surface area contributed by atoms with Gasteiger partial charge in [0.25, 0.3) is 0 Å². The molecule has 0 radical (unpaired) electrons. The van der Waals surface area contributed by atoms with Crippen LogP contribution in [0.1, 0.15) is 13.3 Å². The fraction of sp³-hybridized carbons (Fsp3) is 0.462. The van der Waals surface area contributed by atoms with Gasteiger partial charge in [-0.2, -0.15) is 0 Å². The second-order valence-corrected chi connectivity index (χ2v) is 8.01. The predicted octanol–water partition coefficient (Wildman–Crippen LogP) is 1.25. The number of hydrogen-bond acceptors (Lipinski definition) is 7. The number of thiazole rings is 1. The summed E-state index contributed by atoms with van der Waals surface area (Å²) in [7, 11) is -3.30. The molecular formula is C13H18N2O4S2. The molecule has 0 aliphatic carbocycles. The van der Waals surface area contributed by atoms with Crippen LogP contribution in [-0.2, 0) is 9.84 Å². The van der Waals surface area contributed by atoms with Gasteiger partial charge in [-0.15, -0.1) is 11.3 Å². The molecule has 2 aromatic rings. The van der Waals surface area contributed by atoms with Gasteiger partial charge in [0, 0.05) is 12.2 Å². The molecule has 0 aliphatic rings. The topological polar surface area (TPSA) is 99.5 Å². The lowest BCUT2D eigenvalue weighted by Crippen LogP contribution is -2.22. The number of benzene rings is 1. The van der Waals surface area contributed by atoms with E-state index in [9.17, 15) is 13.5 Å². The second kappa shape index (κ2) is 6.69. The van der Waals surface area contributed by atoms with Gasteiger partial charge in [-0.1, -0.05) is 6.92 Å². The van der Waals surface area contributed by atoms with Crippen molar-refractivity contribution in [1.29, 1.82) is 0 Å². The number of sulfone groups is 1. The molecule has 116 valence electrons. The minimum absolute atomic E-state index is 0.0978. The monoisotopic (exact) mass is 330 g/mol. The molecule has 0 saturated carbocycles.